The number of fused-ring (bicyclic) bond motifs is 2. The van der Waals surface area contributed by atoms with Crippen LogP contribution < -0.4 is 0 Å². The lowest BCUT2D eigenvalue weighted by Crippen LogP contribution is -2.60. The number of rotatable bonds is 0. The van der Waals surface area contributed by atoms with E-state index in [2.05, 4.69) is 13.8 Å². The summed E-state index contributed by atoms with van der Waals surface area (Å²) in [6.07, 6.45) is 3.52. The van der Waals surface area contributed by atoms with Gasteiger partial charge in [0, 0.05) is 0 Å². The molecule has 0 radical (unpaired) electrons. The van der Waals surface area contributed by atoms with Crippen LogP contribution in [0, 0.1) is 17.3 Å². The highest BCUT2D eigenvalue weighted by molar-refractivity contribution is 5.08. The quantitative estimate of drug-likeness (QED) is 0.567. The van der Waals surface area contributed by atoms with Crippen molar-refractivity contribution in [3.63, 3.8) is 0 Å². The van der Waals surface area contributed by atoms with Crippen LogP contribution in [0.15, 0.2) is 0 Å². The molecule has 0 heterocycles. The molecule has 3 saturated carbocycles. The van der Waals surface area contributed by atoms with Gasteiger partial charge in [0.15, 0.2) is 0 Å². The Balaban J connectivity index is 2.23. The summed E-state index contributed by atoms with van der Waals surface area (Å²) in [7, 11) is 0. The van der Waals surface area contributed by atoms with Gasteiger partial charge in [0.2, 0.25) is 0 Å². The molecule has 0 amide bonds. The van der Waals surface area contributed by atoms with E-state index in [1.807, 2.05) is 6.92 Å². The summed E-state index contributed by atoms with van der Waals surface area (Å²) in [5, 5.41) is 10.0. The van der Waals surface area contributed by atoms with Crippen molar-refractivity contribution in [1.82, 2.24) is 0 Å². The van der Waals surface area contributed by atoms with E-state index in [0.717, 1.165) is 12.3 Å². The van der Waals surface area contributed by atoms with Crippen LogP contribution in [0.3, 0.4) is 0 Å². The summed E-state index contributed by atoms with van der Waals surface area (Å²) >= 11 is 0. The van der Waals surface area contributed by atoms with Crippen molar-refractivity contribution in [1.29, 1.82) is 0 Å². The molecule has 3 rings (SSSR count). The Morgan fingerprint density at radius 2 is 1.91 bits per heavy atom. The minimum atomic E-state index is -0.363. The molecule has 3 unspecified atom stereocenters. The van der Waals surface area contributed by atoms with Crippen LogP contribution in [0.25, 0.3) is 0 Å². The third-order valence-corrected chi connectivity index (χ3v) is 4.22. The second-order valence-corrected chi connectivity index (χ2v) is 5.20. The van der Waals surface area contributed by atoms with Gasteiger partial charge in [0.1, 0.15) is 0 Å². The van der Waals surface area contributed by atoms with Crippen LogP contribution in [0.1, 0.15) is 40.0 Å². The molecule has 0 saturated heterocycles. The molecule has 0 aromatic rings. The molecule has 0 spiro atoms. The standard InChI is InChI=1S/C10H18O/c1-9(2)7-4-5-10(3,11)8(9)6-7/h7-8,11H,4-6H2,1-3H3. The minimum absolute atomic E-state index is 0.363. The fraction of sp³-hybridized carbons (Fsp3) is 1.00. The van der Waals surface area contributed by atoms with Crippen LogP contribution in [-0.2, 0) is 0 Å². The molecule has 1 N–H and O–H groups in total. The van der Waals surface area contributed by atoms with Gasteiger partial charge in [-0.3, -0.25) is 0 Å². The fourth-order valence-corrected chi connectivity index (χ4v) is 3.20. The third-order valence-electron chi connectivity index (χ3n) is 4.22. The summed E-state index contributed by atoms with van der Waals surface area (Å²) in [4.78, 5) is 0. The van der Waals surface area contributed by atoms with E-state index < -0.39 is 0 Å². The van der Waals surface area contributed by atoms with E-state index in [4.69, 9.17) is 0 Å². The Bertz CT molecular complexity index is 171. The van der Waals surface area contributed by atoms with Crippen molar-refractivity contribution >= 4 is 0 Å². The zero-order valence-corrected chi connectivity index (χ0v) is 7.72. The normalized spacial score (nSPS) is 53.5. The van der Waals surface area contributed by atoms with E-state index in [9.17, 15) is 5.11 Å². The first-order chi connectivity index (χ1) is 4.94. The average molecular weight is 154 g/mol. The monoisotopic (exact) mass is 154 g/mol. The van der Waals surface area contributed by atoms with Crippen LogP contribution in [0.5, 0.6) is 0 Å². The fourth-order valence-electron chi connectivity index (χ4n) is 3.20. The minimum Gasteiger partial charge on any atom is -0.390 e. The van der Waals surface area contributed by atoms with Gasteiger partial charge >= 0.3 is 0 Å². The molecule has 2 bridgehead atoms. The summed E-state index contributed by atoms with van der Waals surface area (Å²) in [6, 6.07) is 0. The number of hydrogen-bond donors (Lipinski definition) is 1. The summed E-state index contributed by atoms with van der Waals surface area (Å²) < 4.78 is 0. The lowest BCUT2D eigenvalue weighted by molar-refractivity contribution is -0.192. The maximum absolute atomic E-state index is 10.0. The number of hydrogen-bond acceptors (Lipinski definition) is 1. The predicted octanol–water partition coefficient (Wildman–Crippen LogP) is 2.19. The van der Waals surface area contributed by atoms with Gasteiger partial charge in [-0.15, -0.1) is 0 Å². The lowest BCUT2D eigenvalue weighted by Gasteiger charge is -2.62. The smallest absolute Gasteiger partial charge is 0.0653 e. The van der Waals surface area contributed by atoms with Crippen LogP contribution >= 0.6 is 0 Å². The predicted molar refractivity (Wildman–Crippen MR) is 45.2 cm³/mol. The molecule has 11 heavy (non-hydrogen) atoms. The highest BCUT2D eigenvalue weighted by Gasteiger charge is 2.58. The molecule has 1 nitrogen and oxygen atoms in total. The first kappa shape index (κ1) is 7.60. The zero-order valence-electron chi connectivity index (χ0n) is 7.72. The van der Waals surface area contributed by atoms with Crippen molar-refractivity contribution in [2.45, 2.75) is 45.6 Å². The molecule has 3 fully saturated rings. The highest BCUT2D eigenvalue weighted by atomic mass is 16.3. The van der Waals surface area contributed by atoms with Crippen LogP contribution in [-0.4, -0.2) is 10.7 Å². The van der Waals surface area contributed by atoms with Crippen molar-refractivity contribution in [3.8, 4) is 0 Å². The Labute approximate surface area is 68.8 Å². The number of aliphatic hydroxyl groups is 1. The molecule has 0 aromatic heterocycles. The topological polar surface area (TPSA) is 20.2 Å². The van der Waals surface area contributed by atoms with Gasteiger partial charge < -0.3 is 5.11 Å². The van der Waals surface area contributed by atoms with Gasteiger partial charge in [-0.2, -0.15) is 0 Å². The molecule has 64 valence electrons. The molecule has 0 aliphatic heterocycles. The van der Waals surface area contributed by atoms with E-state index in [1.54, 1.807) is 0 Å². The van der Waals surface area contributed by atoms with Crippen LogP contribution in [0.4, 0.5) is 0 Å². The average Bonchev–Trinajstić information content (AvgIpc) is 1.84. The first-order valence-corrected chi connectivity index (χ1v) is 4.67. The first-order valence-electron chi connectivity index (χ1n) is 4.67. The molecule has 3 aliphatic rings. The SMILES string of the molecule is CC1(O)CCC2CC1C2(C)C. The molecule has 0 aromatic carbocycles. The van der Waals surface area contributed by atoms with Gasteiger partial charge in [-0.1, -0.05) is 13.8 Å². The van der Waals surface area contributed by atoms with Crippen molar-refractivity contribution < 1.29 is 5.11 Å². The Hall–Kier alpha value is -0.0400. The molecular formula is C10H18O. The van der Waals surface area contributed by atoms with Crippen molar-refractivity contribution in [3.05, 3.63) is 0 Å². The molecular weight excluding hydrogens is 136 g/mol. The summed E-state index contributed by atoms with van der Waals surface area (Å²) in [6.45, 7) is 6.62. The van der Waals surface area contributed by atoms with E-state index in [1.165, 1.54) is 12.8 Å². The second-order valence-electron chi connectivity index (χ2n) is 5.20. The van der Waals surface area contributed by atoms with E-state index in [-0.39, 0.29) is 5.60 Å². The van der Waals surface area contributed by atoms with Gasteiger partial charge in [-0.05, 0) is 43.4 Å². The largest absolute Gasteiger partial charge is 0.390 e. The maximum Gasteiger partial charge on any atom is 0.0653 e. The van der Waals surface area contributed by atoms with Crippen molar-refractivity contribution in [2.24, 2.45) is 17.3 Å². The van der Waals surface area contributed by atoms with Gasteiger partial charge in [0.25, 0.3) is 0 Å². The summed E-state index contributed by atoms with van der Waals surface area (Å²) in [5.74, 6) is 1.46. The molecule has 3 atom stereocenters. The summed E-state index contributed by atoms with van der Waals surface area (Å²) in [5.41, 5.74) is 0.0556. The highest BCUT2D eigenvalue weighted by Crippen LogP contribution is 2.62. The lowest BCUT2D eigenvalue weighted by atomic mass is 9.44. The third kappa shape index (κ3) is 0.807. The zero-order chi connectivity index (χ0) is 8.28. The van der Waals surface area contributed by atoms with Gasteiger partial charge in [0.05, 0.1) is 5.60 Å². The second kappa shape index (κ2) is 1.82. The van der Waals surface area contributed by atoms with Gasteiger partial charge in [-0.25, -0.2) is 0 Å². The van der Waals surface area contributed by atoms with Crippen LogP contribution in [0.2, 0.25) is 0 Å². The maximum atomic E-state index is 10.0. The Morgan fingerprint density at radius 1 is 1.27 bits per heavy atom. The Kier molecular flexibility index (Phi) is 1.26. The van der Waals surface area contributed by atoms with E-state index in [0.29, 0.717) is 11.3 Å². The van der Waals surface area contributed by atoms with E-state index >= 15 is 0 Å². The molecule has 1 heteroatoms. The van der Waals surface area contributed by atoms with Crippen molar-refractivity contribution in [2.75, 3.05) is 0 Å². The Morgan fingerprint density at radius 3 is 2.18 bits per heavy atom. The molecule has 3 aliphatic carbocycles.